The Bertz CT molecular complexity index is 618. The van der Waals surface area contributed by atoms with E-state index in [4.69, 9.17) is 5.73 Å². The molecule has 0 fully saturated rings. The van der Waals surface area contributed by atoms with Crippen molar-refractivity contribution >= 4 is 5.69 Å². The number of nitrogen functional groups attached to an aromatic ring is 1. The lowest BCUT2D eigenvalue weighted by Gasteiger charge is -2.05. The van der Waals surface area contributed by atoms with Crippen LogP contribution in [0.25, 0.3) is 11.3 Å². The predicted octanol–water partition coefficient (Wildman–Crippen LogP) is 3.77. The van der Waals surface area contributed by atoms with Crippen LogP contribution in [0.3, 0.4) is 0 Å². The molecule has 0 aliphatic carbocycles. The summed E-state index contributed by atoms with van der Waals surface area (Å²) in [5.41, 5.74) is 6.89. The molecule has 108 valence electrons. The second-order valence-electron chi connectivity index (χ2n) is 5.46. The van der Waals surface area contributed by atoms with Gasteiger partial charge in [0.25, 0.3) is 0 Å². The van der Waals surface area contributed by atoms with Crippen molar-refractivity contribution in [1.29, 1.82) is 0 Å². The zero-order chi connectivity index (χ0) is 14.9. The fourth-order valence-corrected chi connectivity index (χ4v) is 1.98. The lowest BCUT2D eigenvalue weighted by Crippen LogP contribution is -2.02. The molecule has 0 saturated heterocycles. The van der Waals surface area contributed by atoms with E-state index in [2.05, 4.69) is 18.9 Å². The molecule has 1 heterocycles. The second kappa shape index (κ2) is 5.61. The third-order valence-electron chi connectivity index (χ3n) is 3.23. The van der Waals surface area contributed by atoms with E-state index >= 15 is 0 Å². The molecule has 3 nitrogen and oxygen atoms in total. The number of anilines is 1. The summed E-state index contributed by atoms with van der Waals surface area (Å²) in [6, 6.07) is 2.31. The van der Waals surface area contributed by atoms with E-state index < -0.39 is 11.6 Å². The molecule has 0 amide bonds. The maximum atomic E-state index is 13.9. The number of nitrogens with two attached hydrogens (primary N) is 1. The molecular weight excluding hydrogens is 260 g/mol. The van der Waals surface area contributed by atoms with Crippen molar-refractivity contribution < 1.29 is 8.78 Å². The third-order valence-corrected chi connectivity index (χ3v) is 3.23. The van der Waals surface area contributed by atoms with E-state index in [9.17, 15) is 8.78 Å². The molecule has 5 heteroatoms. The number of rotatable bonds is 4. The minimum atomic E-state index is -0.510. The van der Waals surface area contributed by atoms with Gasteiger partial charge in [0.2, 0.25) is 0 Å². The molecule has 1 aromatic heterocycles. The van der Waals surface area contributed by atoms with Gasteiger partial charge in [-0.1, -0.05) is 13.8 Å². The average molecular weight is 279 g/mol. The number of aromatic nitrogens is 2. The molecule has 0 bridgehead atoms. The Kier molecular flexibility index (Phi) is 4.06. The molecular formula is C15H19F2N3. The monoisotopic (exact) mass is 279 g/mol. The first-order valence-corrected chi connectivity index (χ1v) is 6.67. The second-order valence-corrected chi connectivity index (χ2v) is 5.46. The number of nitrogens with zero attached hydrogens (tertiary/aromatic N) is 2. The maximum Gasteiger partial charge on any atom is 0.133 e. The van der Waals surface area contributed by atoms with Crippen molar-refractivity contribution in [3.8, 4) is 11.3 Å². The molecule has 0 radical (unpaired) electrons. The van der Waals surface area contributed by atoms with E-state index in [1.165, 1.54) is 6.92 Å². The molecule has 2 N–H and O–H groups in total. The van der Waals surface area contributed by atoms with Crippen LogP contribution >= 0.6 is 0 Å². The van der Waals surface area contributed by atoms with Crippen LogP contribution in [-0.2, 0) is 6.54 Å². The van der Waals surface area contributed by atoms with E-state index in [1.807, 2.05) is 0 Å². The highest BCUT2D eigenvalue weighted by Crippen LogP contribution is 2.28. The van der Waals surface area contributed by atoms with Crippen LogP contribution in [0.5, 0.6) is 0 Å². The first-order chi connectivity index (χ1) is 9.38. The first-order valence-electron chi connectivity index (χ1n) is 6.67. The van der Waals surface area contributed by atoms with E-state index in [0.717, 1.165) is 18.6 Å². The van der Waals surface area contributed by atoms with Crippen LogP contribution in [0.1, 0.15) is 25.8 Å². The standard InChI is InChI=1S/C15H19F2N3/c1-9(2)4-5-20-8-14(18)15(19-20)11-7-12(16)10(3)6-13(11)17/h6-9H,4-5,18H2,1-3H3. The normalized spacial score (nSPS) is 11.3. The highest BCUT2D eigenvalue weighted by atomic mass is 19.1. The Morgan fingerprint density at radius 1 is 1.25 bits per heavy atom. The van der Waals surface area contributed by atoms with Gasteiger partial charge in [-0.25, -0.2) is 8.78 Å². The molecule has 0 saturated carbocycles. The highest BCUT2D eigenvalue weighted by molar-refractivity contribution is 5.72. The lowest BCUT2D eigenvalue weighted by molar-refractivity contribution is 0.487. The minimum Gasteiger partial charge on any atom is -0.396 e. The van der Waals surface area contributed by atoms with E-state index in [-0.39, 0.29) is 11.1 Å². The van der Waals surface area contributed by atoms with Gasteiger partial charge in [0.05, 0.1) is 5.69 Å². The molecule has 2 rings (SSSR count). The minimum absolute atomic E-state index is 0.105. The van der Waals surface area contributed by atoms with Crippen LogP contribution in [0.15, 0.2) is 18.3 Å². The van der Waals surface area contributed by atoms with Crippen molar-refractivity contribution in [3.05, 3.63) is 35.5 Å². The van der Waals surface area contributed by atoms with Gasteiger partial charge in [-0.2, -0.15) is 5.10 Å². The largest absolute Gasteiger partial charge is 0.396 e. The summed E-state index contributed by atoms with van der Waals surface area (Å²) in [4.78, 5) is 0. The van der Waals surface area contributed by atoms with E-state index in [0.29, 0.717) is 23.8 Å². The summed E-state index contributed by atoms with van der Waals surface area (Å²) in [6.45, 7) is 6.45. The first kappa shape index (κ1) is 14.5. The molecule has 0 aliphatic rings. The predicted molar refractivity (Wildman–Crippen MR) is 76.2 cm³/mol. The fraction of sp³-hybridized carbons (Fsp3) is 0.400. The van der Waals surface area contributed by atoms with Gasteiger partial charge in [-0.3, -0.25) is 4.68 Å². The topological polar surface area (TPSA) is 43.8 Å². The number of benzene rings is 1. The van der Waals surface area contributed by atoms with Crippen LogP contribution in [0.4, 0.5) is 14.5 Å². The number of hydrogen-bond donors (Lipinski definition) is 1. The van der Waals surface area contributed by atoms with Crippen molar-refractivity contribution in [2.45, 2.75) is 33.7 Å². The highest BCUT2D eigenvalue weighted by Gasteiger charge is 2.15. The van der Waals surface area contributed by atoms with Gasteiger partial charge in [0.15, 0.2) is 0 Å². The van der Waals surface area contributed by atoms with Crippen molar-refractivity contribution in [3.63, 3.8) is 0 Å². The van der Waals surface area contributed by atoms with Gasteiger partial charge in [-0.05, 0) is 37.0 Å². The lowest BCUT2D eigenvalue weighted by atomic mass is 10.1. The van der Waals surface area contributed by atoms with Crippen LogP contribution < -0.4 is 5.73 Å². The van der Waals surface area contributed by atoms with Crippen molar-refractivity contribution in [2.24, 2.45) is 5.92 Å². The Labute approximate surface area is 117 Å². The van der Waals surface area contributed by atoms with Gasteiger partial charge >= 0.3 is 0 Å². The zero-order valence-electron chi connectivity index (χ0n) is 12.0. The summed E-state index contributed by atoms with van der Waals surface area (Å²) in [5.74, 6) is -0.431. The molecule has 1 aromatic carbocycles. The fourth-order valence-electron chi connectivity index (χ4n) is 1.98. The zero-order valence-corrected chi connectivity index (χ0v) is 12.0. The third kappa shape index (κ3) is 2.98. The molecule has 0 unspecified atom stereocenters. The smallest absolute Gasteiger partial charge is 0.133 e. The quantitative estimate of drug-likeness (QED) is 0.926. The van der Waals surface area contributed by atoms with E-state index in [1.54, 1.807) is 10.9 Å². The summed E-state index contributed by atoms with van der Waals surface area (Å²) in [6.07, 6.45) is 2.61. The molecule has 0 aliphatic heterocycles. The Morgan fingerprint density at radius 3 is 2.60 bits per heavy atom. The number of halogens is 2. The number of hydrogen-bond acceptors (Lipinski definition) is 2. The van der Waals surface area contributed by atoms with Crippen LogP contribution in [0, 0.1) is 24.5 Å². The number of aryl methyl sites for hydroxylation is 2. The van der Waals surface area contributed by atoms with Gasteiger partial charge in [0, 0.05) is 18.3 Å². The molecule has 2 aromatic rings. The van der Waals surface area contributed by atoms with Crippen LogP contribution in [0.2, 0.25) is 0 Å². The van der Waals surface area contributed by atoms with Gasteiger partial charge in [0.1, 0.15) is 17.3 Å². The Balaban J connectivity index is 2.36. The molecule has 20 heavy (non-hydrogen) atoms. The van der Waals surface area contributed by atoms with Crippen molar-refractivity contribution in [2.75, 3.05) is 5.73 Å². The maximum absolute atomic E-state index is 13.9. The van der Waals surface area contributed by atoms with Crippen LogP contribution in [-0.4, -0.2) is 9.78 Å². The average Bonchev–Trinajstić information content (AvgIpc) is 2.72. The summed E-state index contributed by atoms with van der Waals surface area (Å²) in [5, 5.41) is 4.27. The molecule has 0 spiro atoms. The van der Waals surface area contributed by atoms with Gasteiger partial charge in [-0.15, -0.1) is 0 Å². The summed E-state index contributed by atoms with van der Waals surface area (Å²) in [7, 11) is 0. The Hall–Kier alpha value is -1.91. The van der Waals surface area contributed by atoms with Gasteiger partial charge < -0.3 is 5.73 Å². The Morgan fingerprint density at radius 2 is 1.95 bits per heavy atom. The SMILES string of the molecule is Cc1cc(F)c(-c2nn(CCC(C)C)cc2N)cc1F. The molecule has 0 atom stereocenters. The summed E-state index contributed by atoms with van der Waals surface area (Å²) >= 11 is 0. The summed E-state index contributed by atoms with van der Waals surface area (Å²) < 4.78 is 29.2. The van der Waals surface area contributed by atoms with Crippen molar-refractivity contribution in [1.82, 2.24) is 9.78 Å².